The quantitative estimate of drug-likeness (QED) is 0.0209. The number of primary amides is 4. The van der Waals surface area contributed by atoms with Crippen molar-refractivity contribution in [3.8, 4) is 5.75 Å². The fourth-order valence-corrected chi connectivity index (χ4v) is 17.4. The van der Waals surface area contributed by atoms with Gasteiger partial charge >= 0.3 is 11.9 Å². The lowest BCUT2D eigenvalue weighted by Gasteiger charge is -2.31. The summed E-state index contributed by atoms with van der Waals surface area (Å²) in [7, 11) is 2.72. The van der Waals surface area contributed by atoms with Gasteiger partial charge in [0.05, 0.1) is 45.3 Å². The van der Waals surface area contributed by atoms with E-state index in [1.54, 1.807) is 6.26 Å². The van der Waals surface area contributed by atoms with Gasteiger partial charge in [-0.3, -0.25) is 106 Å². The lowest BCUT2D eigenvalue weighted by Crippen LogP contribution is -2.62. The van der Waals surface area contributed by atoms with Gasteiger partial charge in [-0.25, -0.2) is 0 Å². The molecule has 4 heterocycles. The Morgan fingerprint density at radius 2 is 0.875 bits per heavy atom. The maximum absolute atomic E-state index is 15.0. The second-order valence-corrected chi connectivity index (χ2v) is 33.6. The summed E-state index contributed by atoms with van der Waals surface area (Å²) in [6, 6.07) is -23.3. The minimum absolute atomic E-state index is 0.00865. The summed E-state index contributed by atoms with van der Waals surface area (Å²) < 4.78 is 0. The molecule has 0 spiro atoms. The van der Waals surface area contributed by atoms with Crippen molar-refractivity contribution in [2.45, 2.75) is 174 Å². The number of guanidine groups is 1. The third-order valence-corrected chi connectivity index (χ3v) is 23.8. The maximum Gasteiger partial charge on any atom is 0.305 e. The molecule has 662 valence electrons. The third-order valence-electron chi connectivity index (χ3n) is 18.3. The predicted octanol–water partition coefficient (Wildman–Crippen LogP) is -12.0. The molecule has 1 aromatic carbocycles. The monoisotopic (exact) mass is 1790 g/mol. The van der Waals surface area contributed by atoms with Crippen molar-refractivity contribution in [1.82, 2.24) is 84.2 Å². The van der Waals surface area contributed by atoms with E-state index in [4.69, 9.17) is 39.8 Å². The minimum atomic E-state index is -2.10. The van der Waals surface area contributed by atoms with Gasteiger partial charge in [-0.05, 0) is 74.7 Å². The van der Waals surface area contributed by atoms with Crippen molar-refractivity contribution in [1.29, 1.82) is 5.41 Å². The van der Waals surface area contributed by atoms with Gasteiger partial charge in [-0.1, -0.05) is 55.3 Å². The second-order valence-electron chi connectivity index (χ2n) is 27.5. The van der Waals surface area contributed by atoms with Crippen molar-refractivity contribution >= 4 is 185 Å². The van der Waals surface area contributed by atoms with Crippen molar-refractivity contribution in [3.05, 3.63) is 29.8 Å². The number of thioether (sulfide) groups is 1. The van der Waals surface area contributed by atoms with Crippen LogP contribution in [0, 0.1) is 5.41 Å². The Hall–Kier alpha value is -11.2. The molecular weight excluding hydrogens is 1690 g/mol. The van der Waals surface area contributed by atoms with E-state index in [2.05, 4.69) is 74.4 Å². The van der Waals surface area contributed by atoms with Gasteiger partial charge in [0.2, 0.25) is 112 Å². The number of amides is 19. The van der Waals surface area contributed by atoms with Crippen LogP contribution in [-0.2, 0) is 107 Å². The molecule has 120 heavy (non-hydrogen) atoms. The van der Waals surface area contributed by atoms with Crippen LogP contribution in [0.4, 0.5) is 0 Å². The number of aliphatic carboxylic acids is 2. The van der Waals surface area contributed by atoms with Gasteiger partial charge in [-0.15, -0.1) is 0 Å². The van der Waals surface area contributed by atoms with Crippen LogP contribution in [0.2, 0.25) is 0 Å². The summed E-state index contributed by atoms with van der Waals surface area (Å²) in [5.41, 5.74) is 33.9. The fourth-order valence-electron chi connectivity index (χ4n) is 12.3. The van der Waals surface area contributed by atoms with E-state index in [0.717, 1.165) is 21.6 Å². The zero-order chi connectivity index (χ0) is 89.2. The molecule has 31 N–H and O–H groups in total. The SMILES string of the molecule is CSCC[C@@H]1NC(=O)[C@H](CC(N)=O)NC(=O)[C@@H]2CSSC[C@H](NC(=O)CN)C(=O)N[C@@H](CSSC[C@@H](C(N)=O)NC(=O)[C@H](Cc3ccc(O)cc3)NC(=O)[C@H](CC(=O)O)NC(=O)[C@@H]3CCCN3C(=O)[C@H](CC(N)=O)NC(=O)[C@H](CC(N)=O)NC1=O)C(=O)N[C@@H](CO)C(=O)N[C@@H](CC(=O)O)C(=O)N1CCC[C@H]1C(=O)N[C@@H](CCCNC(=N)N)C(=O)N2. The number of fused-ring (bicyclic) bond motifs is 10. The number of phenolic OH excluding ortho intramolecular Hbond substituents is 1. The van der Waals surface area contributed by atoms with E-state index in [9.17, 15) is 121 Å². The molecule has 1 aromatic rings. The molecule has 48 nitrogen and oxygen atoms in total. The molecule has 0 aliphatic carbocycles. The standard InChI is InChI=1S/C67H99N23O25S5/c1-116-16-12-32-54(103)80-35(19-47(70)94)57(106)83-37(20-48(71)95)65(114)89-14-4-7-45(89)64(113)82-36(21-50(97)98)58(107)79-33(17-29-8-10-30(92)11-9-29)55(104)86-40(52(72)101)25-117-119-28-43-62(111)85-39(24-91)59(108)84-38(22-51(99)100)66(115)90-15-3-6-44(90)63(112)78-31(5-2-13-75-67(73)74)53(102)87-42(61(110)81-34(18-46(69)93)56(105)77-32)27-120-118-26-41(60(109)88-43)76-49(96)23-68/h8-11,31-45,91-92H,2-7,12-28,68H2,1H3,(H2,69,93)(H2,70,94)(H2,71,95)(H2,72,101)(H,76,96)(H,77,105)(H,78,112)(H,79,107)(H,80,103)(H,81,110)(H,82,113)(H,83,106)(H,84,108)(H,85,111)(H,86,104)(H,87,102)(H,88,109)(H,97,98)(H,99,100)(H4,73,74,75)/t31-,32-,33-,34-,35-,36-,37-,38-,39-,40-,41-,42-,43-,44-,45-/m0/s1. The van der Waals surface area contributed by atoms with Crippen molar-refractivity contribution in [3.63, 3.8) is 0 Å². The number of nitrogens with zero attached hydrogens (tertiary/aromatic N) is 2. The number of hydrogen-bond acceptors (Lipinski definition) is 30. The number of hydrogen-bond donors (Lipinski definition) is 25. The maximum atomic E-state index is 15.0. The molecule has 4 aliphatic heterocycles. The number of benzene rings is 1. The number of carbonyl (C=O) groups is 21. The summed E-state index contributed by atoms with van der Waals surface area (Å²) in [6.45, 7) is -2.76. The fraction of sp³-hybridized carbons (Fsp3) is 0.582. The molecule has 0 radical (unpaired) electrons. The zero-order valence-electron chi connectivity index (χ0n) is 64.5. The Balaban J connectivity index is 1.73. The Morgan fingerprint density at radius 3 is 1.37 bits per heavy atom. The van der Waals surface area contributed by atoms with Crippen molar-refractivity contribution < 1.29 is 121 Å². The first-order valence-electron chi connectivity index (χ1n) is 37.0. The highest BCUT2D eigenvalue weighted by Gasteiger charge is 2.45. The highest BCUT2D eigenvalue weighted by molar-refractivity contribution is 8.77. The van der Waals surface area contributed by atoms with Crippen LogP contribution in [0.1, 0.15) is 82.6 Å². The topological polar surface area (TPSA) is 794 Å². The number of nitrogens with two attached hydrogens (primary N) is 6. The molecule has 5 rings (SSSR count). The predicted molar refractivity (Wildman–Crippen MR) is 430 cm³/mol. The van der Waals surface area contributed by atoms with E-state index >= 15 is 0 Å². The Morgan fingerprint density at radius 1 is 0.483 bits per heavy atom. The molecule has 2 bridgehead atoms. The summed E-state index contributed by atoms with van der Waals surface area (Å²) in [5.74, 6) is -30.2. The van der Waals surface area contributed by atoms with Crippen molar-refractivity contribution in [2.75, 3.05) is 67.8 Å². The van der Waals surface area contributed by atoms with Crippen LogP contribution in [0.15, 0.2) is 24.3 Å². The van der Waals surface area contributed by atoms with E-state index in [1.807, 2.05) is 0 Å². The van der Waals surface area contributed by atoms with E-state index in [0.29, 0.717) is 43.2 Å². The van der Waals surface area contributed by atoms with Gasteiger partial charge in [0.15, 0.2) is 5.96 Å². The summed E-state index contributed by atoms with van der Waals surface area (Å²) in [4.78, 5) is 295. The Labute approximate surface area is 704 Å². The van der Waals surface area contributed by atoms with E-state index in [1.165, 1.54) is 24.3 Å². The number of aliphatic hydroxyl groups is 1. The Kier molecular flexibility index (Phi) is 40.9. The first-order valence-corrected chi connectivity index (χ1v) is 43.4. The lowest BCUT2D eigenvalue weighted by molar-refractivity contribution is -0.146. The average molecular weight is 1790 g/mol. The summed E-state index contributed by atoms with van der Waals surface area (Å²) >= 11 is 1.11. The smallest absolute Gasteiger partial charge is 0.305 e. The molecule has 0 saturated carbocycles. The molecule has 19 amide bonds. The summed E-state index contributed by atoms with van der Waals surface area (Å²) in [6.07, 6.45) is -5.59. The number of carbonyl (C=O) groups excluding carboxylic acids is 19. The number of carboxylic acid groups (broad SMARTS) is 2. The van der Waals surface area contributed by atoms with Gasteiger partial charge in [0, 0.05) is 49.1 Å². The molecule has 0 aromatic heterocycles. The zero-order valence-corrected chi connectivity index (χ0v) is 68.6. The van der Waals surface area contributed by atoms with E-state index < -0.39 is 295 Å². The largest absolute Gasteiger partial charge is 0.508 e. The van der Waals surface area contributed by atoms with Gasteiger partial charge in [0.25, 0.3) is 0 Å². The normalized spacial score (nSPS) is 26.6. The highest BCUT2D eigenvalue weighted by Crippen LogP contribution is 2.27. The number of aliphatic hydroxyl groups excluding tert-OH is 1. The minimum Gasteiger partial charge on any atom is -0.508 e. The first-order chi connectivity index (χ1) is 56.7. The molecular formula is C67H99N23O25S5. The molecule has 4 saturated heterocycles. The second kappa shape index (κ2) is 49.4. The van der Waals surface area contributed by atoms with E-state index in [-0.39, 0.29) is 81.6 Å². The van der Waals surface area contributed by atoms with Crippen LogP contribution in [0.25, 0.3) is 0 Å². The number of rotatable bonds is 23. The number of aromatic hydroxyl groups is 1. The first kappa shape index (κ1) is 99.4. The van der Waals surface area contributed by atoms with Gasteiger partial charge < -0.3 is 139 Å². The van der Waals surface area contributed by atoms with Crippen LogP contribution >= 0.6 is 54.9 Å². The highest BCUT2D eigenvalue weighted by atomic mass is 33.1. The van der Waals surface area contributed by atoms with Crippen LogP contribution in [0.3, 0.4) is 0 Å². The van der Waals surface area contributed by atoms with Gasteiger partial charge in [0.1, 0.15) is 96.4 Å². The lowest BCUT2D eigenvalue weighted by atomic mass is 10.0. The molecule has 4 fully saturated rings. The number of carboxylic acids is 2. The number of phenols is 1. The number of nitrogens with one attached hydrogen (secondary N) is 15. The van der Waals surface area contributed by atoms with Crippen LogP contribution in [0.5, 0.6) is 5.75 Å². The molecule has 15 atom stereocenters. The molecule has 0 unspecified atom stereocenters. The third kappa shape index (κ3) is 32.5. The van der Waals surface area contributed by atoms with Gasteiger partial charge in [-0.2, -0.15) is 11.8 Å². The van der Waals surface area contributed by atoms with Crippen molar-refractivity contribution in [2.24, 2.45) is 34.4 Å². The van der Waals surface area contributed by atoms with Crippen LogP contribution in [-0.4, -0.2) is 319 Å². The van der Waals surface area contributed by atoms with Crippen LogP contribution < -0.4 is 109 Å². The Bertz CT molecular complexity index is 3990. The molecule has 53 heteroatoms. The summed E-state index contributed by atoms with van der Waals surface area (Å²) in [5, 5.41) is 81.4. The average Bonchev–Trinajstić information content (AvgIpc) is 1.57. The molecule has 4 aliphatic rings.